The first kappa shape index (κ1) is 16.5. The number of thiophene rings is 1. The van der Waals surface area contributed by atoms with Gasteiger partial charge in [-0.3, -0.25) is 4.79 Å². The van der Waals surface area contributed by atoms with Gasteiger partial charge in [-0.25, -0.2) is 0 Å². The third kappa shape index (κ3) is 3.84. The standard InChI is InChI=1S/C15H19ClN2OS2/c1-3-20-8-7-9(2)18-15(19)14-13(17)12-10(16)5-4-6-11(12)21-14/h4-6,9H,3,7-8,17H2,1-2H3,(H,18,19). The summed E-state index contributed by atoms with van der Waals surface area (Å²) in [5, 5.41) is 4.38. The van der Waals surface area contributed by atoms with Crippen molar-refractivity contribution < 1.29 is 4.79 Å². The van der Waals surface area contributed by atoms with E-state index < -0.39 is 0 Å². The molecule has 1 atom stereocenters. The molecular weight excluding hydrogens is 324 g/mol. The number of nitrogen functional groups attached to an aromatic ring is 1. The van der Waals surface area contributed by atoms with Gasteiger partial charge in [0.1, 0.15) is 4.88 Å². The molecule has 0 radical (unpaired) electrons. The number of nitrogens with one attached hydrogen (secondary N) is 1. The lowest BCUT2D eigenvalue weighted by Crippen LogP contribution is -2.32. The van der Waals surface area contributed by atoms with E-state index in [4.69, 9.17) is 17.3 Å². The lowest BCUT2D eigenvalue weighted by atomic mass is 10.2. The van der Waals surface area contributed by atoms with Gasteiger partial charge >= 0.3 is 0 Å². The highest BCUT2D eigenvalue weighted by atomic mass is 35.5. The Bertz CT molecular complexity index is 642. The Morgan fingerprint density at radius 1 is 1.52 bits per heavy atom. The molecule has 3 nitrogen and oxygen atoms in total. The van der Waals surface area contributed by atoms with E-state index in [1.807, 2.05) is 30.8 Å². The number of hydrogen-bond acceptors (Lipinski definition) is 4. The van der Waals surface area contributed by atoms with E-state index in [0.29, 0.717) is 15.6 Å². The fourth-order valence-electron chi connectivity index (χ4n) is 2.06. The summed E-state index contributed by atoms with van der Waals surface area (Å²) in [4.78, 5) is 12.9. The lowest BCUT2D eigenvalue weighted by Gasteiger charge is -2.13. The minimum atomic E-state index is -0.112. The van der Waals surface area contributed by atoms with E-state index in [0.717, 1.165) is 28.0 Å². The highest BCUT2D eigenvalue weighted by molar-refractivity contribution is 7.99. The van der Waals surface area contributed by atoms with E-state index in [2.05, 4.69) is 12.2 Å². The second-order valence-corrected chi connectivity index (χ2v) is 7.67. The number of carbonyl (C=O) groups excluding carboxylic acids is 1. The Labute approximate surface area is 138 Å². The van der Waals surface area contributed by atoms with Crippen LogP contribution >= 0.6 is 34.7 Å². The van der Waals surface area contributed by atoms with Gasteiger partial charge in [-0.2, -0.15) is 11.8 Å². The number of amides is 1. The molecule has 0 fully saturated rings. The lowest BCUT2D eigenvalue weighted by molar-refractivity contribution is 0.0944. The first-order chi connectivity index (χ1) is 10.0. The summed E-state index contributed by atoms with van der Waals surface area (Å²) in [5.74, 6) is 2.03. The number of nitrogens with two attached hydrogens (primary N) is 1. The number of carbonyl (C=O) groups is 1. The maximum Gasteiger partial charge on any atom is 0.263 e. The maximum absolute atomic E-state index is 12.4. The van der Waals surface area contributed by atoms with Gasteiger partial charge in [0, 0.05) is 16.1 Å². The number of hydrogen-bond donors (Lipinski definition) is 2. The minimum Gasteiger partial charge on any atom is -0.397 e. The molecule has 1 amide bonds. The molecule has 1 unspecified atom stereocenters. The summed E-state index contributed by atoms with van der Waals surface area (Å²) in [6, 6.07) is 5.73. The molecule has 3 N–H and O–H groups in total. The molecule has 21 heavy (non-hydrogen) atoms. The second kappa shape index (κ2) is 7.38. The number of benzene rings is 1. The van der Waals surface area contributed by atoms with Crippen molar-refractivity contribution in [1.82, 2.24) is 5.32 Å². The Hall–Kier alpha value is -0.910. The summed E-state index contributed by atoms with van der Waals surface area (Å²) in [7, 11) is 0. The monoisotopic (exact) mass is 342 g/mol. The zero-order valence-electron chi connectivity index (χ0n) is 12.1. The van der Waals surface area contributed by atoms with Crippen LogP contribution in [0.25, 0.3) is 10.1 Å². The van der Waals surface area contributed by atoms with Crippen LogP contribution in [0, 0.1) is 0 Å². The van der Waals surface area contributed by atoms with E-state index in [1.165, 1.54) is 11.3 Å². The van der Waals surface area contributed by atoms with Gasteiger partial charge < -0.3 is 11.1 Å². The Morgan fingerprint density at radius 2 is 2.29 bits per heavy atom. The van der Waals surface area contributed by atoms with Gasteiger partial charge in [-0.05, 0) is 37.0 Å². The van der Waals surface area contributed by atoms with Crippen molar-refractivity contribution in [1.29, 1.82) is 0 Å². The summed E-state index contributed by atoms with van der Waals surface area (Å²) in [5.41, 5.74) is 6.58. The average Bonchev–Trinajstić information content (AvgIpc) is 2.78. The van der Waals surface area contributed by atoms with Crippen molar-refractivity contribution >= 4 is 56.4 Å². The van der Waals surface area contributed by atoms with Gasteiger partial charge in [0.25, 0.3) is 5.91 Å². The largest absolute Gasteiger partial charge is 0.397 e. The second-order valence-electron chi connectivity index (χ2n) is 4.82. The van der Waals surface area contributed by atoms with Gasteiger partial charge in [-0.15, -0.1) is 11.3 Å². The van der Waals surface area contributed by atoms with Crippen molar-refractivity contribution in [2.24, 2.45) is 0 Å². The van der Waals surface area contributed by atoms with Crippen LogP contribution in [-0.2, 0) is 0 Å². The first-order valence-electron chi connectivity index (χ1n) is 6.89. The Morgan fingerprint density at radius 3 is 2.95 bits per heavy atom. The molecule has 0 saturated heterocycles. The number of anilines is 1. The van der Waals surface area contributed by atoms with E-state index in [1.54, 1.807) is 6.07 Å². The van der Waals surface area contributed by atoms with Crippen LogP contribution in [-0.4, -0.2) is 23.5 Å². The summed E-state index contributed by atoms with van der Waals surface area (Å²) >= 11 is 9.43. The SMILES string of the molecule is CCSCCC(C)NC(=O)c1sc2cccc(Cl)c2c1N. The topological polar surface area (TPSA) is 55.1 Å². The van der Waals surface area contributed by atoms with E-state index >= 15 is 0 Å². The molecule has 6 heteroatoms. The number of thioether (sulfide) groups is 1. The third-order valence-electron chi connectivity index (χ3n) is 3.18. The fourth-order valence-corrected chi connectivity index (χ4v) is 4.26. The molecule has 0 spiro atoms. The van der Waals surface area contributed by atoms with Crippen LogP contribution in [0.15, 0.2) is 18.2 Å². The van der Waals surface area contributed by atoms with Crippen LogP contribution in [0.5, 0.6) is 0 Å². The molecule has 0 aliphatic rings. The van der Waals surface area contributed by atoms with Crippen LogP contribution in [0.3, 0.4) is 0 Å². The minimum absolute atomic E-state index is 0.112. The molecule has 1 heterocycles. The van der Waals surface area contributed by atoms with Crippen molar-refractivity contribution in [2.45, 2.75) is 26.3 Å². The predicted octanol–water partition coefficient (Wildman–Crippen LogP) is 4.40. The van der Waals surface area contributed by atoms with Crippen LogP contribution in [0.4, 0.5) is 5.69 Å². The summed E-state index contributed by atoms with van der Waals surface area (Å²) in [6.45, 7) is 4.15. The Kier molecular flexibility index (Phi) is 5.79. The van der Waals surface area contributed by atoms with Crippen molar-refractivity contribution in [2.75, 3.05) is 17.2 Å². The highest BCUT2D eigenvalue weighted by Crippen LogP contribution is 2.37. The summed E-state index contributed by atoms with van der Waals surface area (Å²) in [6.07, 6.45) is 0.954. The van der Waals surface area contributed by atoms with Gasteiger partial charge in [0.2, 0.25) is 0 Å². The Balaban J connectivity index is 2.13. The molecule has 0 aliphatic carbocycles. The molecular formula is C15H19ClN2OS2. The molecule has 1 aromatic carbocycles. The van der Waals surface area contributed by atoms with Crippen molar-refractivity contribution in [3.05, 3.63) is 28.1 Å². The normalized spacial score (nSPS) is 12.5. The van der Waals surface area contributed by atoms with Crippen LogP contribution < -0.4 is 11.1 Å². The average molecular weight is 343 g/mol. The number of rotatable bonds is 6. The van der Waals surface area contributed by atoms with E-state index in [-0.39, 0.29) is 11.9 Å². The maximum atomic E-state index is 12.4. The van der Waals surface area contributed by atoms with E-state index in [9.17, 15) is 4.79 Å². The first-order valence-corrected chi connectivity index (χ1v) is 9.24. The fraction of sp³-hybridized carbons (Fsp3) is 0.400. The number of halogens is 1. The van der Waals surface area contributed by atoms with Crippen molar-refractivity contribution in [3.8, 4) is 0 Å². The summed E-state index contributed by atoms with van der Waals surface area (Å²) < 4.78 is 0.944. The van der Waals surface area contributed by atoms with Crippen LogP contribution in [0.2, 0.25) is 5.02 Å². The molecule has 2 rings (SSSR count). The molecule has 114 valence electrons. The van der Waals surface area contributed by atoms with Crippen LogP contribution in [0.1, 0.15) is 29.9 Å². The van der Waals surface area contributed by atoms with Crippen molar-refractivity contribution in [3.63, 3.8) is 0 Å². The quantitative estimate of drug-likeness (QED) is 0.765. The zero-order valence-corrected chi connectivity index (χ0v) is 14.5. The molecule has 0 aliphatic heterocycles. The van der Waals surface area contributed by atoms with Gasteiger partial charge in [-0.1, -0.05) is 24.6 Å². The van der Waals surface area contributed by atoms with Gasteiger partial charge in [0.15, 0.2) is 0 Å². The highest BCUT2D eigenvalue weighted by Gasteiger charge is 2.19. The molecule has 2 aromatic rings. The number of fused-ring (bicyclic) bond motifs is 1. The zero-order chi connectivity index (χ0) is 15.4. The molecule has 0 bridgehead atoms. The molecule has 0 saturated carbocycles. The third-order valence-corrected chi connectivity index (χ3v) is 5.60. The predicted molar refractivity (Wildman–Crippen MR) is 95.8 cm³/mol. The smallest absolute Gasteiger partial charge is 0.263 e. The van der Waals surface area contributed by atoms with Gasteiger partial charge in [0.05, 0.1) is 10.7 Å². The molecule has 1 aromatic heterocycles.